The zero-order valence-corrected chi connectivity index (χ0v) is 16.5. The van der Waals surface area contributed by atoms with Crippen LogP contribution in [0.2, 0.25) is 0 Å². The van der Waals surface area contributed by atoms with E-state index in [2.05, 4.69) is 20.3 Å². The molecule has 0 fully saturated rings. The lowest BCUT2D eigenvalue weighted by Crippen LogP contribution is -2.12. The molecule has 0 saturated carbocycles. The maximum absolute atomic E-state index is 13.1. The molecule has 0 amide bonds. The second kappa shape index (κ2) is 9.28. The lowest BCUT2D eigenvalue weighted by molar-refractivity contribution is -0.139. The van der Waals surface area contributed by atoms with Crippen molar-refractivity contribution in [2.45, 2.75) is 25.9 Å². The monoisotopic (exact) mass is 458 g/mol. The molecule has 0 aliphatic rings. The number of alkyl halides is 6. The summed E-state index contributed by atoms with van der Waals surface area (Å²) >= 11 is 0. The van der Waals surface area contributed by atoms with Gasteiger partial charge in [-0.3, -0.25) is 0 Å². The Balaban J connectivity index is 1.81. The molecule has 0 radical (unpaired) electrons. The second-order valence-corrected chi connectivity index (χ2v) is 6.30. The van der Waals surface area contributed by atoms with Crippen molar-refractivity contribution in [3.63, 3.8) is 0 Å². The van der Waals surface area contributed by atoms with Crippen LogP contribution in [0.15, 0.2) is 48.5 Å². The van der Waals surface area contributed by atoms with Crippen LogP contribution in [-0.4, -0.2) is 21.6 Å². The van der Waals surface area contributed by atoms with Gasteiger partial charge >= 0.3 is 24.4 Å². The Kier molecular flexibility index (Phi) is 6.70. The molecule has 1 N–H and O–H groups in total. The lowest BCUT2D eigenvalue weighted by atomic mass is 10.1. The minimum atomic E-state index is -4.56. The van der Waals surface area contributed by atoms with Gasteiger partial charge in [0.25, 0.3) is 0 Å². The molecule has 0 atom stereocenters. The molecular formula is C20H16F6N4O2. The topological polar surface area (TPSA) is 69.2 Å². The lowest BCUT2D eigenvalue weighted by Gasteiger charge is -2.13. The third-order valence-electron chi connectivity index (χ3n) is 4.02. The summed E-state index contributed by atoms with van der Waals surface area (Å²) in [6.07, 6.45) is -9.05. The summed E-state index contributed by atoms with van der Waals surface area (Å²) in [4.78, 5) is 11.8. The van der Waals surface area contributed by atoms with E-state index in [1.54, 1.807) is 6.92 Å². The Morgan fingerprint density at radius 1 is 0.781 bits per heavy atom. The van der Waals surface area contributed by atoms with Gasteiger partial charge in [-0.15, -0.1) is 4.98 Å². The van der Waals surface area contributed by atoms with E-state index >= 15 is 0 Å². The predicted octanol–water partition coefficient (Wildman–Crippen LogP) is 5.63. The van der Waals surface area contributed by atoms with Crippen LogP contribution in [0.25, 0.3) is 0 Å². The van der Waals surface area contributed by atoms with E-state index in [1.807, 2.05) is 0 Å². The fourth-order valence-corrected chi connectivity index (χ4v) is 2.59. The molecule has 0 aliphatic carbocycles. The molecule has 3 aromatic rings. The second-order valence-electron chi connectivity index (χ2n) is 6.30. The summed E-state index contributed by atoms with van der Waals surface area (Å²) in [7, 11) is 0. The molecule has 32 heavy (non-hydrogen) atoms. The molecule has 0 bridgehead atoms. The summed E-state index contributed by atoms with van der Waals surface area (Å²) in [5.74, 6) is -0.123. The van der Waals surface area contributed by atoms with E-state index < -0.39 is 30.1 Å². The van der Waals surface area contributed by atoms with Crippen molar-refractivity contribution in [3.8, 4) is 12.0 Å². The van der Waals surface area contributed by atoms with Gasteiger partial charge in [-0.2, -0.15) is 36.3 Å². The van der Waals surface area contributed by atoms with E-state index in [4.69, 9.17) is 9.47 Å². The molecule has 2 aromatic carbocycles. The van der Waals surface area contributed by atoms with Gasteiger partial charge in [-0.1, -0.05) is 18.2 Å². The summed E-state index contributed by atoms with van der Waals surface area (Å²) in [5.41, 5.74) is -1.58. The number of nitrogens with zero attached hydrogens (tertiary/aromatic N) is 3. The third-order valence-corrected chi connectivity index (χ3v) is 4.02. The van der Waals surface area contributed by atoms with Gasteiger partial charge in [0.2, 0.25) is 5.95 Å². The minimum absolute atomic E-state index is 0.123. The molecular weight excluding hydrogens is 442 g/mol. The largest absolute Gasteiger partial charge is 0.464 e. The highest BCUT2D eigenvalue weighted by Crippen LogP contribution is 2.33. The smallest absolute Gasteiger partial charge is 0.416 e. The van der Waals surface area contributed by atoms with E-state index in [1.165, 1.54) is 30.3 Å². The number of aromatic nitrogens is 3. The summed E-state index contributed by atoms with van der Waals surface area (Å²) in [5, 5.41) is 2.69. The number of benzene rings is 2. The molecule has 12 heteroatoms. The summed E-state index contributed by atoms with van der Waals surface area (Å²) in [6.45, 7) is 1.36. The Hall–Kier alpha value is -3.57. The zero-order valence-electron chi connectivity index (χ0n) is 16.5. The molecule has 0 aliphatic heterocycles. The molecule has 0 unspecified atom stereocenters. The molecule has 6 nitrogen and oxygen atoms in total. The maximum Gasteiger partial charge on any atom is 0.416 e. The number of ether oxygens (including phenoxy) is 2. The molecule has 1 heterocycles. The zero-order chi connectivity index (χ0) is 23.4. The predicted molar refractivity (Wildman–Crippen MR) is 101 cm³/mol. The first-order chi connectivity index (χ1) is 15.1. The fraction of sp³-hybridized carbons (Fsp3) is 0.250. The molecule has 1 aromatic heterocycles. The Labute approximate surface area is 178 Å². The van der Waals surface area contributed by atoms with Gasteiger partial charge in [-0.25, -0.2) is 0 Å². The number of halogens is 6. The van der Waals surface area contributed by atoms with Gasteiger partial charge in [0, 0.05) is 11.3 Å². The standard InChI is InChI=1S/C20H16F6N4O2/c1-2-31-17-28-16(27-14-9-7-13(8-10-14)19(21,22)23)29-18(30-17)32-11-12-5-3-4-6-15(12)20(24,25)26/h3-10H,2,11H2,1H3,(H,27,28,29,30). The fourth-order valence-electron chi connectivity index (χ4n) is 2.59. The number of anilines is 2. The van der Waals surface area contributed by atoms with Crippen LogP contribution >= 0.6 is 0 Å². The summed E-state index contributed by atoms with van der Waals surface area (Å²) < 4.78 is 88.1. The van der Waals surface area contributed by atoms with Gasteiger partial charge < -0.3 is 14.8 Å². The van der Waals surface area contributed by atoms with Crippen LogP contribution in [0.5, 0.6) is 12.0 Å². The molecule has 3 rings (SSSR count). The SMILES string of the molecule is CCOc1nc(Nc2ccc(C(F)(F)F)cc2)nc(OCc2ccccc2C(F)(F)F)n1. The van der Waals surface area contributed by atoms with Crippen molar-refractivity contribution in [2.24, 2.45) is 0 Å². The van der Waals surface area contributed by atoms with E-state index in [0.29, 0.717) is 0 Å². The molecule has 0 saturated heterocycles. The van der Waals surface area contributed by atoms with Crippen LogP contribution in [0.3, 0.4) is 0 Å². The molecule has 0 spiro atoms. The minimum Gasteiger partial charge on any atom is -0.464 e. The number of nitrogens with one attached hydrogen (secondary N) is 1. The first kappa shape index (κ1) is 23.1. The quantitative estimate of drug-likeness (QED) is 0.463. The van der Waals surface area contributed by atoms with Gasteiger partial charge in [0.05, 0.1) is 17.7 Å². The Bertz CT molecular complexity index is 1060. The maximum atomic E-state index is 13.1. The van der Waals surface area contributed by atoms with Crippen LogP contribution in [0, 0.1) is 0 Å². The van der Waals surface area contributed by atoms with Gasteiger partial charge in [0.1, 0.15) is 6.61 Å². The van der Waals surface area contributed by atoms with Crippen LogP contribution in [-0.2, 0) is 19.0 Å². The van der Waals surface area contributed by atoms with Gasteiger partial charge in [-0.05, 0) is 37.3 Å². The van der Waals surface area contributed by atoms with Crippen LogP contribution < -0.4 is 14.8 Å². The van der Waals surface area contributed by atoms with Crippen molar-refractivity contribution >= 4 is 11.6 Å². The third kappa shape index (κ3) is 5.99. The van der Waals surface area contributed by atoms with Crippen molar-refractivity contribution in [2.75, 3.05) is 11.9 Å². The average molecular weight is 458 g/mol. The van der Waals surface area contributed by atoms with Crippen molar-refractivity contribution < 1.29 is 35.8 Å². The van der Waals surface area contributed by atoms with E-state index in [9.17, 15) is 26.3 Å². The normalized spacial score (nSPS) is 11.8. The average Bonchev–Trinajstić information content (AvgIpc) is 2.72. The first-order valence-corrected chi connectivity index (χ1v) is 9.17. The Morgan fingerprint density at radius 2 is 1.41 bits per heavy atom. The van der Waals surface area contributed by atoms with Crippen molar-refractivity contribution in [3.05, 3.63) is 65.2 Å². The summed E-state index contributed by atoms with van der Waals surface area (Å²) in [6, 6.07) is 8.48. The van der Waals surface area contributed by atoms with E-state index in [0.717, 1.165) is 18.2 Å². The van der Waals surface area contributed by atoms with E-state index in [-0.39, 0.29) is 35.8 Å². The molecule has 170 valence electrons. The Morgan fingerprint density at radius 3 is 2.00 bits per heavy atom. The first-order valence-electron chi connectivity index (χ1n) is 9.17. The van der Waals surface area contributed by atoms with Gasteiger partial charge in [0.15, 0.2) is 0 Å². The van der Waals surface area contributed by atoms with Crippen LogP contribution in [0.4, 0.5) is 38.0 Å². The van der Waals surface area contributed by atoms with Crippen LogP contribution in [0.1, 0.15) is 23.6 Å². The number of hydrogen-bond acceptors (Lipinski definition) is 6. The highest BCUT2D eigenvalue weighted by molar-refractivity contribution is 5.54. The van der Waals surface area contributed by atoms with Crippen molar-refractivity contribution in [1.29, 1.82) is 0 Å². The number of rotatable bonds is 7. The number of hydrogen-bond donors (Lipinski definition) is 1. The highest BCUT2D eigenvalue weighted by atomic mass is 19.4. The van der Waals surface area contributed by atoms with Crippen molar-refractivity contribution in [1.82, 2.24) is 15.0 Å². The highest BCUT2D eigenvalue weighted by Gasteiger charge is 2.33.